The van der Waals surface area contributed by atoms with Crippen molar-refractivity contribution in [2.24, 2.45) is 5.10 Å². The van der Waals surface area contributed by atoms with E-state index >= 15 is 0 Å². The third-order valence-electron chi connectivity index (χ3n) is 3.25. The molecule has 1 heterocycles. The Morgan fingerprint density at radius 3 is 2.59 bits per heavy atom. The van der Waals surface area contributed by atoms with E-state index in [1.807, 2.05) is 0 Å². The first-order valence-electron chi connectivity index (χ1n) is 6.69. The number of fused-ring (bicyclic) bond motifs is 1. The van der Waals surface area contributed by atoms with Crippen molar-refractivity contribution in [1.29, 1.82) is 0 Å². The van der Waals surface area contributed by atoms with E-state index in [1.165, 1.54) is 36.4 Å². The third-order valence-corrected chi connectivity index (χ3v) is 4.32. The van der Waals surface area contributed by atoms with Gasteiger partial charge in [0.2, 0.25) is 0 Å². The van der Waals surface area contributed by atoms with E-state index < -0.39 is 11.7 Å². The highest BCUT2D eigenvalue weighted by Crippen LogP contribution is 2.30. The van der Waals surface area contributed by atoms with Crippen LogP contribution in [0.5, 0.6) is 0 Å². The zero-order valence-electron chi connectivity index (χ0n) is 11.5. The van der Waals surface area contributed by atoms with Gasteiger partial charge in [-0.05, 0) is 42.5 Å². The fraction of sp³-hybridized carbons (Fsp3) is 0.125. The minimum Gasteiger partial charge on any atom is -0.267 e. The topological polar surface area (TPSA) is 41.5 Å². The van der Waals surface area contributed by atoms with Crippen LogP contribution in [0.3, 0.4) is 0 Å². The molecule has 0 radical (unpaired) electrons. The number of thioether (sulfide) groups is 1. The maximum atomic E-state index is 13.4. The molecular weight excluding hydrogens is 306 g/mol. The Morgan fingerprint density at radius 1 is 1.09 bits per heavy atom. The molecule has 3 rings (SSSR count). The fourth-order valence-electron chi connectivity index (χ4n) is 2.15. The molecule has 0 bridgehead atoms. The van der Waals surface area contributed by atoms with E-state index in [0.29, 0.717) is 23.3 Å². The lowest BCUT2D eigenvalue weighted by Gasteiger charge is -2.17. The number of carbonyl (C=O) groups excluding carboxylic acids is 1. The van der Waals surface area contributed by atoms with Gasteiger partial charge in [-0.15, -0.1) is 11.8 Å². The molecule has 2 aromatic rings. The number of halogens is 2. The fourth-order valence-corrected chi connectivity index (χ4v) is 3.16. The van der Waals surface area contributed by atoms with Crippen molar-refractivity contribution in [1.82, 2.24) is 5.43 Å². The van der Waals surface area contributed by atoms with Gasteiger partial charge < -0.3 is 0 Å². The lowest BCUT2D eigenvalue weighted by Crippen LogP contribution is -2.21. The van der Waals surface area contributed by atoms with Gasteiger partial charge in [-0.1, -0.05) is 0 Å². The van der Waals surface area contributed by atoms with Crippen molar-refractivity contribution in [2.45, 2.75) is 11.3 Å². The first-order valence-corrected chi connectivity index (χ1v) is 7.67. The van der Waals surface area contributed by atoms with Crippen LogP contribution in [0.15, 0.2) is 52.5 Å². The Kier molecular flexibility index (Phi) is 4.20. The Hall–Kier alpha value is -2.21. The summed E-state index contributed by atoms with van der Waals surface area (Å²) in [6, 6.07) is 9.74. The summed E-state index contributed by atoms with van der Waals surface area (Å²) in [6.07, 6.45) is 0.644. The van der Waals surface area contributed by atoms with Crippen molar-refractivity contribution in [3.63, 3.8) is 0 Å². The average molecular weight is 318 g/mol. The quantitative estimate of drug-likeness (QED) is 0.860. The number of amides is 1. The predicted molar refractivity (Wildman–Crippen MR) is 82.1 cm³/mol. The smallest absolute Gasteiger partial charge is 0.267 e. The zero-order chi connectivity index (χ0) is 15.5. The van der Waals surface area contributed by atoms with E-state index in [1.54, 1.807) is 17.8 Å². The molecule has 0 atom stereocenters. The molecule has 1 aliphatic rings. The Bertz CT molecular complexity index is 744. The van der Waals surface area contributed by atoms with Gasteiger partial charge in [0.1, 0.15) is 11.6 Å². The Morgan fingerprint density at radius 2 is 1.82 bits per heavy atom. The minimum atomic E-state index is -0.427. The molecule has 22 heavy (non-hydrogen) atoms. The SMILES string of the molecule is O=C(NN=C1CCSc2ccc(F)cc21)c1ccc(F)cc1. The molecule has 0 spiro atoms. The van der Waals surface area contributed by atoms with Crippen LogP contribution in [0, 0.1) is 11.6 Å². The molecule has 2 aromatic carbocycles. The van der Waals surface area contributed by atoms with Gasteiger partial charge in [0.05, 0.1) is 5.71 Å². The Labute approximate surface area is 130 Å². The van der Waals surface area contributed by atoms with Crippen molar-refractivity contribution in [2.75, 3.05) is 5.75 Å². The summed E-state index contributed by atoms with van der Waals surface area (Å²) in [7, 11) is 0. The average Bonchev–Trinajstić information content (AvgIpc) is 2.53. The maximum absolute atomic E-state index is 13.4. The first-order chi connectivity index (χ1) is 10.6. The van der Waals surface area contributed by atoms with E-state index in [4.69, 9.17) is 0 Å². The molecular formula is C16H12F2N2OS. The number of hydrazone groups is 1. The van der Waals surface area contributed by atoms with Crippen molar-refractivity contribution in [3.8, 4) is 0 Å². The van der Waals surface area contributed by atoms with Crippen molar-refractivity contribution < 1.29 is 13.6 Å². The standard InChI is InChI=1S/C16H12F2N2OS/c17-11-3-1-10(2-4-11)16(21)20-19-14-7-8-22-15-6-5-12(18)9-13(14)15/h1-6,9H,7-8H2,(H,20,21). The molecule has 3 nitrogen and oxygen atoms in total. The molecule has 0 aromatic heterocycles. The second kappa shape index (κ2) is 6.27. The molecule has 6 heteroatoms. The Balaban J connectivity index is 1.80. The lowest BCUT2D eigenvalue weighted by molar-refractivity contribution is 0.0954. The monoisotopic (exact) mass is 318 g/mol. The molecule has 1 N–H and O–H groups in total. The lowest BCUT2D eigenvalue weighted by atomic mass is 10.1. The van der Waals surface area contributed by atoms with Crippen LogP contribution < -0.4 is 5.43 Å². The zero-order valence-corrected chi connectivity index (χ0v) is 12.3. The molecule has 1 aliphatic heterocycles. The normalized spacial score (nSPS) is 15.5. The summed E-state index contributed by atoms with van der Waals surface area (Å²) in [5.41, 5.74) is 4.11. The van der Waals surface area contributed by atoms with E-state index in [-0.39, 0.29) is 5.82 Å². The van der Waals surface area contributed by atoms with Gasteiger partial charge >= 0.3 is 0 Å². The largest absolute Gasteiger partial charge is 0.271 e. The molecule has 0 aliphatic carbocycles. The van der Waals surface area contributed by atoms with E-state index in [0.717, 1.165) is 10.6 Å². The highest BCUT2D eigenvalue weighted by Gasteiger charge is 2.17. The van der Waals surface area contributed by atoms with Gasteiger partial charge in [0.25, 0.3) is 5.91 Å². The minimum absolute atomic E-state index is 0.315. The number of carbonyl (C=O) groups is 1. The molecule has 112 valence electrons. The van der Waals surface area contributed by atoms with Crippen molar-refractivity contribution >= 4 is 23.4 Å². The molecule has 0 unspecified atom stereocenters. The van der Waals surface area contributed by atoms with Gasteiger partial charge in [-0.25, -0.2) is 14.2 Å². The van der Waals surface area contributed by atoms with Gasteiger partial charge in [0.15, 0.2) is 0 Å². The van der Waals surface area contributed by atoms with Crippen LogP contribution in [0.2, 0.25) is 0 Å². The van der Waals surface area contributed by atoms with Crippen LogP contribution in [-0.2, 0) is 0 Å². The summed E-state index contributed by atoms with van der Waals surface area (Å²) in [6.45, 7) is 0. The molecule has 1 amide bonds. The highest BCUT2D eigenvalue weighted by atomic mass is 32.2. The number of nitrogens with one attached hydrogen (secondary N) is 1. The van der Waals surface area contributed by atoms with Crippen LogP contribution >= 0.6 is 11.8 Å². The number of benzene rings is 2. The molecule has 0 saturated carbocycles. The summed E-state index contributed by atoms with van der Waals surface area (Å²) < 4.78 is 26.2. The van der Waals surface area contributed by atoms with Gasteiger partial charge in [-0.3, -0.25) is 4.79 Å². The number of hydrogen-bond acceptors (Lipinski definition) is 3. The van der Waals surface area contributed by atoms with Crippen LogP contribution in [-0.4, -0.2) is 17.4 Å². The predicted octanol–water partition coefficient (Wildman–Crippen LogP) is 3.59. The van der Waals surface area contributed by atoms with Gasteiger partial charge in [-0.2, -0.15) is 5.10 Å². The van der Waals surface area contributed by atoms with Gasteiger partial charge in [0, 0.05) is 28.2 Å². The summed E-state index contributed by atoms with van der Waals surface area (Å²) in [4.78, 5) is 12.9. The van der Waals surface area contributed by atoms with Crippen LogP contribution in [0.4, 0.5) is 8.78 Å². The summed E-state index contributed by atoms with van der Waals surface area (Å²) in [5.74, 6) is -0.344. The summed E-state index contributed by atoms with van der Waals surface area (Å²) in [5, 5.41) is 4.11. The third kappa shape index (κ3) is 3.17. The second-order valence-corrected chi connectivity index (χ2v) is 5.88. The van der Waals surface area contributed by atoms with E-state index in [9.17, 15) is 13.6 Å². The van der Waals surface area contributed by atoms with Crippen LogP contribution in [0.1, 0.15) is 22.3 Å². The summed E-state index contributed by atoms with van der Waals surface area (Å²) >= 11 is 1.63. The number of nitrogens with zero attached hydrogens (tertiary/aromatic N) is 1. The molecule has 0 fully saturated rings. The first kappa shape index (κ1) is 14.7. The van der Waals surface area contributed by atoms with Crippen molar-refractivity contribution in [3.05, 3.63) is 65.2 Å². The highest BCUT2D eigenvalue weighted by molar-refractivity contribution is 7.99. The number of hydrogen-bond donors (Lipinski definition) is 1. The second-order valence-electron chi connectivity index (χ2n) is 4.75. The molecule has 0 saturated heterocycles. The maximum Gasteiger partial charge on any atom is 0.271 e. The van der Waals surface area contributed by atoms with E-state index in [2.05, 4.69) is 10.5 Å². The number of rotatable bonds is 2. The van der Waals surface area contributed by atoms with Crippen LogP contribution in [0.25, 0.3) is 0 Å².